The number of nitriles is 1. The van der Waals surface area contributed by atoms with Crippen molar-refractivity contribution in [3.63, 3.8) is 0 Å². The molecule has 1 N–H and O–H groups in total. The van der Waals surface area contributed by atoms with E-state index in [9.17, 15) is 17.6 Å². The van der Waals surface area contributed by atoms with Crippen molar-refractivity contribution in [3.05, 3.63) is 35.1 Å². The summed E-state index contributed by atoms with van der Waals surface area (Å²) in [6, 6.07) is 4.54. The maximum absolute atomic E-state index is 13.7. The fraction of sp³-hybridized carbons (Fsp3) is 0.500. The maximum Gasteiger partial charge on any atom is 0.419 e. The van der Waals surface area contributed by atoms with Crippen molar-refractivity contribution >= 4 is 24.8 Å². The average Bonchev–Trinajstić information content (AvgIpc) is 2.44. The van der Waals surface area contributed by atoms with Crippen molar-refractivity contribution in [2.75, 3.05) is 26.2 Å². The Hall–Kier alpha value is -1.07. The molecular formula is C14H17Cl2F4N3. The van der Waals surface area contributed by atoms with E-state index in [0.29, 0.717) is 18.7 Å². The normalized spacial score (nSPS) is 16.7. The highest BCUT2D eigenvalue weighted by atomic mass is 35.5. The molecule has 1 aromatic carbocycles. The summed E-state index contributed by atoms with van der Waals surface area (Å²) >= 11 is 0. The predicted molar refractivity (Wildman–Crippen MR) is 83.3 cm³/mol. The van der Waals surface area contributed by atoms with E-state index in [1.54, 1.807) is 0 Å². The summed E-state index contributed by atoms with van der Waals surface area (Å²) in [4.78, 5) is 1.99. The monoisotopic (exact) mass is 373 g/mol. The maximum atomic E-state index is 13.7. The Balaban J connectivity index is 0.00000242. The Bertz CT molecular complexity index is 540. The summed E-state index contributed by atoms with van der Waals surface area (Å²) in [5.41, 5.74) is -0.869. The van der Waals surface area contributed by atoms with E-state index in [1.165, 1.54) is 6.07 Å². The summed E-state index contributed by atoms with van der Waals surface area (Å²) in [5.74, 6) is -1.29. The van der Waals surface area contributed by atoms with Crippen molar-refractivity contribution in [2.24, 2.45) is 0 Å². The van der Waals surface area contributed by atoms with Crippen LogP contribution in [0.15, 0.2) is 18.2 Å². The minimum absolute atomic E-state index is 0. The van der Waals surface area contributed by atoms with Gasteiger partial charge >= 0.3 is 6.18 Å². The highest BCUT2D eigenvalue weighted by Gasteiger charge is 2.34. The molecule has 0 saturated carbocycles. The number of rotatable bonds is 3. The molecule has 0 unspecified atom stereocenters. The molecule has 1 aliphatic heterocycles. The van der Waals surface area contributed by atoms with Gasteiger partial charge in [-0.2, -0.15) is 18.4 Å². The van der Waals surface area contributed by atoms with Gasteiger partial charge in [-0.1, -0.05) is 6.07 Å². The first-order valence-corrected chi connectivity index (χ1v) is 6.62. The Kier molecular flexibility index (Phi) is 8.85. The quantitative estimate of drug-likeness (QED) is 0.823. The van der Waals surface area contributed by atoms with Crippen molar-refractivity contribution < 1.29 is 17.6 Å². The molecule has 9 heteroatoms. The van der Waals surface area contributed by atoms with Crippen LogP contribution in [0.5, 0.6) is 0 Å². The summed E-state index contributed by atoms with van der Waals surface area (Å²) in [6.07, 6.45) is -4.59. The first kappa shape index (κ1) is 21.9. The van der Waals surface area contributed by atoms with Crippen LogP contribution in [0.2, 0.25) is 0 Å². The summed E-state index contributed by atoms with van der Waals surface area (Å²) in [5, 5.41) is 12.1. The van der Waals surface area contributed by atoms with Crippen LogP contribution in [-0.4, -0.2) is 31.1 Å². The lowest BCUT2D eigenvalue weighted by atomic mass is 9.99. The highest BCUT2D eigenvalue weighted by Crippen LogP contribution is 2.34. The van der Waals surface area contributed by atoms with Crippen LogP contribution < -0.4 is 5.32 Å². The molecule has 130 valence electrons. The van der Waals surface area contributed by atoms with Crippen LogP contribution in [0.3, 0.4) is 0 Å². The lowest BCUT2D eigenvalue weighted by Gasteiger charge is -2.34. The number of hydrogen-bond acceptors (Lipinski definition) is 3. The average molecular weight is 374 g/mol. The van der Waals surface area contributed by atoms with Crippen molar-refractivity contribution in [2.45, 2.75) is 18.6 Å². The van der Waals surface area contributed by atoms with Crippen LogP contribution >= 0.6 is 24.8 Å². The van der Waals surface area contributed by atoms with E-state index in [1.807, 2.05) is 11.0 Å². The van der Waals surface area contributed by atoms with Crippen LogP contribution in [0.25, 0.3) is 0 Å². The molecule has 0 aromatic heterocycles. The molecule has 3 nitrogen and oxygen atoms in total. The van der Waals surface area contributed by atoms with E-state index in [-0.39, 0.29) is 37.3 Å². The fourth-order valence-corrected chi connectivity index (χ4v) is 2.51. The zero-order valence-corrected chi connectivity index (χ0v) is 13.7. The molecule has 0 spiro atoms. The number of nitrogens with one attached hydrogen (secondary N) is 1. The van der Waals surface area contributed by atoms with Gasteiger partial charge in [-0.3, -0.25) is 4.90 Å². The third-order valence-electron chi connectivity index (χ3n) is 3.56. The van der Waals surface area contributed by atoms with E-state index < -0.39 is 17.6 Å². The van der Waals surface area contributed by atoms with Gasteiger partial charge in [-0.15, -0.1) is 24.8 Å². The Labute approximate surface area is 144 Å². The number of piperazine rings is 1. The number of halogens is 6. The van der Waals surface area contributed by atoms with Crippen molar-refractivity contribution in [1.82, 2.24) is 10.2 Å². The van der Waals surface area contributed by atoms with Crippen LogP contribution in [0.1, 0.15) is 23.6 Å². The van der Waals surface area contributed by atoms with Crippen molar-refractivity contribution in [3.8, 4) is 6.07 Å². The molecule has 0 bridgehead atoms. The largest absolute Gasteiger partial charge is 0.419 e. The molecule has 0 amide bonds. The Morgan fingerprint density at radius 3 is 2.30 bits per heavy atom. The van der Waals surface area contributed by atoms with Crippen molar-refractivity contribution in [1.29, 1.82) is 5.26 Å². The molecule has 1 atom stereocenters. The molecule has 1 aliphatic rings. The van der Waals surface area contributed by atoms with Gasteiger partial charge in [0, 0.05) is 32.2 Å². The topological polar surface area (TPSA) is 39.1 Å². The van der Waals surface area contributed by atoms with Gasteiger partial charge in [0.2, 0.25) is 0 Å². The second-order valence-electron chi connectivity index (χ2n) is 4.90. The van der Waals surface area contributed by atoms with Crippen LogP contribution in [0.4, 0.5) is 17.6 Å². The fourth-order valence-electron chi connectivity index (χ4n) is 2.51. The Morgan fingerprint density at radius 1 is 1.22 bits per heavy atom. The van der Waals surface area contributed by atoms with Gasteiger partial charge in [0.15, 0.2) is 0 Å². The van der Waals surface area contributed by atoms with Gasteiger partial charge < -0.3 is 5.32 Å². The van der Waals surface area contributed by atoms with Gasteiger partial charge in [-0.05, 0) is 17.7 Å². The standard InChI is InChI=1S/C14H15F4N3.2ClH/c15-12-9-10(1-2-11(12)14(16,17)18)13(3-4-19)21-7-5-20-6-8-21;;/h1-2,9,13,20H,3,5-8H2;2*1H/t13-;;/m0../s1. The number of benzene rings is 1. The molecule has 0 radical (unpaired) electrons. The Morgan fingerprint density at radius 2 is 1.83 bits per heavy atom. The zero-order valence-electron chi connectivity index (χ0n) is 12.1. The third-order valence-corrected chi connectivity index (χ3v) is 3.56. The molecule has 1 heterocycles. The van der Waals surface area contributed by atoms with E-state index in [2.05, 4.69) is 5.32 Å². The van der Waals surface area contributed by atoms with E-state index >= 15 is 0 Å². The minimum Gasteiger partial charge on any atom is -0.314 e. The third kappa shape index (κ3) is 5.50. The SMILES string of the molecule is Cl.Cl.N#CC[C@@H](c1ccc(C(F)(F)F)c(F)c1)N1CCNCC1. The molecule has 0 aliphatic carbocycles. The molecule has 23 heavy (non-hydrogen) atoms. The highest BCUT2D eigenvalue weighted by molar-refractivity contribution is 5.85. The van der Waals surface area contributed by atoms with Crippen LogP contribution in [0, 0.1) is 17.1 Å². The lowest BCUT2D eigenvalue weighted by Crippen LogP contribution is -2.45. The first-order chi connectivity index (χ1) is 9.93. The smallest absolute Gasteiger partial charge is 0.314 e. The number of hydrogen-bond donors (Lipinski definition) is 1. The van der Waals surface area contributed by atoms with Crippen LogP contribution in [-0.2, 0) is 6.18 Å². The first-order valence-electron chi connectivity index (χ1n) is 6.62. The molecule has 2 rings (SSSR count). The summed E-state index contributed by atoms with van der Waals surface area (Å²) in [7, 11) is 0. The van der Waals surface area contributed by atoms with Gasteiger partial charge in [0.1, 0.15) is 5.82 Å². The summed E-state index contributed by atoms with van der Waals surface area (Å²) in [6.45, 7) is 2.83. The van der Waals surface area contributed by atoms with Gasteiger partial charge in [-0.25, -0.2) is 4.39 Å². The molecule has 1 saturated heterocycles. The lowest BCUT2D eigenvalue weighted by molar-refractivity contribution is -0.140. The van der Waals surface area contributed by atoms with Gasteiger partial charge in [0.25, 0.3) is 0 Å². The molecule has 1 aromatic rings. The predicted octanol–water partition coefficient (Wildman–Crippen LogP) is 3.55. The molecular weight excluding hydrogens is 357 g/mol. The summed E-state index contributed by atoms with van der Waals surface area (Å²) < 4.78 is 51.4. The van der Waals surface area contributed by atoms with E-state index in [0.717, 1.165) is 25.2 Å². The second kappa shape index (κ2) is 9.28. The van der Waals surface area contributed by atoms with Gasteiger partial charge in [0.05, 0.1) is 18.1 Å². The zero-order chi connectivity index (χ0) is 15.5. The number of nitrogens with zero attached hydrogens (tertiary/aromatic N) is 2. The van der Waals surface area contributed by atoms with E-state index in [4.69, 9.17) is 5.26 Å². The minimum atomic E-state index is -4.71. The second-order valence-corrected chi connectivity index (χ2v) is 4.90. The molecule has 1 fully saturated rings. The number of alkyl halides is 3.